The highest BCUT2D eigenvalue weighted by molar-refractivity contribution is 7.00. The quantitative estimate of drug-likeness (QED) is 0.102. The van der Waals surface area contributed by atoms with E-state index in [4.69, 9.17) is 53.8 Å². The van der Waals surface area contributed by atoms with Crippen molar-refractivity contribution in [1.82, 2.24) is 0 Å². The molecule has 53 heavy (non-hydrogen) atoms. The van der Waals surface area contributed by atoms with Gasteiger partial charge in [-0.1, -0.05) is 96.9 Å². The van der Waals surface area contributed by atoms with E-state index in [9.17, 15) is 0 Å². The Morgan fingerprint density at radius 2 is 0.698 bits per heavy atom. The van der Waals surface area contributed by atoms with Crippen LogP contribution in [0.25, 0.3) is 0 Å². The monoisotopic (exact) mass is 924 g/mol. The molecule has 3 saturated heterocycles. The van der Waals surface area contributed by atoms with Gasteiger partial charge in [-0.25, -0.2) is 0 Å². The third kappa shape index (κ3) is 10.2. The van der Waals surface area contributed by atoms with Crippen LogP contribution in [0, 0.1) is 0 Å². The summed E-state index contributed by atoms with van der Waals surface area (Å²) in [4.78, 5) is 0. The largest absolute Gasteiger partial charge is 0.485 e. The van der Waals surface area contributed by atoms with Crippen LogP contribution in [0.3, 0.4) is 0 Å². The molecule has 0 saturated carbocycles. The van der Waals surface area contributed by atoms with Gasteiger partial charge in [0.05, 0.1) is 0 Å². The summed E-state index contributed by atoms with van der Waals surface area (Å²) in [6.07, 6.45) is 0. The predicted octanol–water partition coefficient (Wildman–Crippen LogP) is 9.69. The van der Waals surface area contributed by atoms with Gasteiger partial charge in [0.15, 0.2) is 16.6 Å². The van der Waals surface area contributed by atoms with E-state index in [-0.39, 0.29) is 0 Å². The molecule has 0 aromatic heterocycles. The van der Waals surface area contributed by atoms with E-state index in [0.717, 1.165) is 42.3 Å². The third-order valence-corrected chi connectivity index (χ3v) is 59.0. The standard InChI is InChI=1S/C30H76O13Si10/c1-17-44(16,18-2)32-46(22-6,23-7)34-49(26-10)39-51(28-12)36-47(24-8,31-15)35-50(27-11)37-48(25-9,33-45(19-3,20-4)21-5)38-52(29-13,40-49)43-53(30-14,41-50)42-51/h17-30H2,1-16H3/t47-,48?,49?,50?,51+,52?,53?/m1/s1. The van der Waals surface area contributed by atoms with Gasteiger partial charge in [-0.3, -0.25) is 0 Å². The average Bonchev–Trinajstić information content (AvgIpc) is 3.17. The number of hydrogen-bond donors (Lipinski definition) is 0. The van der Waals surface area contributed by atoms with Gasteiger partial charge in [-0.05, 0) is 48.9 Å². The highest BCUT2D eigenvalue weighted by Gasteiger charge is 2.77. The number of hydrogen-bond acceptors (Lipinski definition) is 13. The Morgan fingerprint density at radius 3 is 0.962 bits per heavy atom. The lowest BCUT2D eigenvalue weighted by atomic mass is 10.9. The van der Waals surface area contributed by atoms with Gasteiger partial charge in [0.25, 0.3) is 0 Å². The summed E-state index contributed by atoms with van der Waals surface area (Å²) in [7, 11) is -32.1. The van der Waals surface area contributed by atoms with Crippen molar-refractivity contribution in [3.63, 3.8) is 0 Å². The smallest absolute Gasteiger partial charge is 0.436 e. The molecule has 3 aliphatic rings. The van der Waals surface area contributed by atoms with Crippen molar-refractivity contribution >= 4 is 86.8 Å². The molecule has 314 valence electrons. The molecule has 3 heterocycles. The molecular formula is C30H76O13Si10. The first kappa shape index (κ1) is 49.0. The van der Waals surface area contributed by atoms with Crippen LogP contribution < -0.4 is 0 Å². The molecule has 13 nitrogen and oxygen atoms in total. The molecule has 5 unspecified atom stereocenters. The van der Waals surface area contributed by atoms with Crippen LogP contribution >= 0.6 is 0 Å². The number of rotatable bonds is 21. The summed E-state index contributed by atoms with van der Waals surface area (Å²) in [5.41, 5.74) is 0. The lowest BCUT2D eigenvalue weighted by Gasteiger charge is -2.58. The molecule has 7 atom stereocenters. The van der Waals surface area contributed by atoms with Gasteiger partial charge >= 0.3 is 70.2 Å². The van der Waals surface area contributed by atoms with Crippen LogP contribution in [0.1, 0.15) is 96.9 Å². The second-order valence-corrected chi connectivity index (χ2v) is 51.5. The first-order valence-corrected chi connectivity index (χ1v) is 42.0. The van der Waals surface area contributed by atoms with Gasteiger partial charge in [-0.15, -0.1) is 0 Å². The molecule has 4 bridgehead atoms. The van der Waals surface area contributed by atoms with E-state index >= 15 is 0 Å². The van der Waals surface area contributed by atoms with Crippen LogP contribution in [0.5, 0.6) is 0 Å². The SMILES string of the molecule is CC[Si](C)(CC)O[Si](CC)(CC)O[Si]1(CC)O[Si]2(CC)O[Si](CC)(O[Si](CC)(CC)CC)O[Si]3(CC)O[Si](CC)(O2)O[Si@](CC)(O1)O[Si@](CC)(OC)O3. The lowest BCUT2D eigenvalue weighted by Crippen LogP contribution is -2.83. The summed E-state index contributed by atoms with van der Waals surface area (Å²) < 4.78 is 96.1. The molecule has 0 radical (unpaired) electrons. The molecule has 3 aliphatic heterocycles. The lowest BCUT2D eigenvalue weighted by molar-refractivity contribution is 0.00712. The highest BCUT2D eigenvalue weighted by Crippen LogP contribution is 2.49. The van der Waals surface area contributed by atoms with Crippen LogP contribution in [0.15, 0.2) is 0 Å². The fraction of sp³-hybridized carbons (Fsp3) is 1.00. The van der Waals surface area contributed by atoms with E-state index in [1.165, 1.54) is 0 Å². The van der Waals surface area contributed by atoms with Gasteiger partial charge in [0.2, 0.25) is 0 Å². The molecule has 0 amide bonds. The number of fused-ring (bicyclic) bond motifs is 3. The Kier molecular flexibility index (Phi) is 17.5. The summed E-state index contributed by atoms with van der Waals surface area (Å²) in [5.74, 6) is 0. The average molecular weight is 926 g/mol. The van der Waals surface area contributed by atoms with Crippen molar-refractivity contribution in [1.29, 1.82) is 0 Å². The summed E-state index contributed by atoms with van der Waals surface area (Å²) in [6, 6.07) is 9.28. The third-order valence-electron chi connectivity index (χ3n) is 11.8. The Balaban J connectivity index is 2.50. The van der Waals surface area contributed by atoms with Crippen molar-refractivity contribution < 1.29 is 53.8 Å². The highest BCUT2D eigenvalue weighted by atomic mass is 28.6. The topological polar surface area (TPSA) is 120 Å². The van der Waals surface area contributed by atoms with Gasteiger partial charge < -0.3 is 53.8 Å². The van der Waals surface area contributed by atoms with Crippen molar-refractivity contribution in [3.05, 3.63) is 0 Å². The fourth-order valence-electron chi connectivity index (χ4n) is 7.18. The fourth-order valence-corrected chi connectivity index (χ4v) is 63.8. The maximum absolute atomic E-state index is 7.66. The molecule has 0 aromatic carbocycles. The first-order valence-electron chi connectivity index (χ1n) is 20.9. The molecule has 3 fully saturated rings. The van der Waals surface area contributed by atoms with E-state index in [1.807, 2.05) is 27.7 Å². The van der Waals surface area contributed by atoms with Crippen LogP contribution in [-0.2, 0) is 53.8 Å². The summed E-state index contributed by atoms with van der Waals surface area (Å²) >= 11 is 0. The second-order valence-electron chi connectivity index (χ2n) is 14.7. The Bertz CT molecular complexity index is 1160. The van der Waals surface area contributed by atoms with E-state index < -0.39 is 86.8 Å². The second kappa shape index (κ2) is 18.9. The molecule has 0 aliphatic carbocycles. The van der Waals surface area contributed by atoms with E-state index in [2.05, 4.69) is 75.8 Å². The van der Waals surface area contributed by atoms with Gasteiger partial charge in [0.1, 0.15) is 0 Å². The van der Waals surface area contributed by atoms with Gasteiger partial charge in [-0.2, -0.15) is 0 Å². The minimum atomic E-state index is -3.86. The molecular weight excluding hydrogens is 849 g/mol. The maximum Gasteiger partial charge on any atom is 0.485 e. The van der Waals surface area contributed by atoms with E-state index in [0.29, 0.717) is 42.3 Å². The van der Waals surface area contributed by atoms with E-state index in [1.54, 1.807) is 7.11 Å². The van der Waals surface area contributed by atoms with Crippen molar-refractivity contribution in [2.75, 3.05) is 7.11 Å². The zero-order chi connectivity index (χ0) is 40.1. The normalized spacial score (nSPS) is 37.1. The molecule has 0 N–H and O–H groups in total. The van der Waals surface area contributed by atoms with Gasteiger partial charge in [0, 0.05) is 49.4 Å². The zero-order valence-corrected chi connectivity index (χ0v) is 46.2. The van der Waals surface area contributed by atoms with Crippen LogP contribution in [0.2, 0.25) is 91.2 Å². The maximum atomic E-state index is 7.66. The zero-order valence-electron chi connectivity index (χ0n) is 36.2. The van der Waals surface area contributed by atoms with Crippen molar-refractivity contribution in [3.8, 4) is 0 Å². The predicted molar refractivity (Wildman–Crippen MR) is 230 cm³/mol. The van der Waals surface area contributed by atoms with Crippen molar-refractivity contribution in [2.45, 2.75) is 188 Å². The Hall–Kier alpha value is 1.65. The molecule has 23 heteroatoms. The van der Waals surface area contributed by atoms with Crippen LogP contribution in [0.4, 0.5) is 0 Å². The Labute approximate surface area is 334 Å². The van der Waals surface area contributed by atoms with Crippen molar-refractivity contribution in [2.24, 2.45) is 0 Å². The minimum absolute atomic E-state index is 0.416. The first-order chi connectivity index (χ1) is 24.9. The molecule has 3 rings (SSSR count). The molecule has 0 spiro atoms. The summed E-state index contributed by atoms with van der Waals surface area (Å²) in [6.45, 7) is 32.1. The van der Waals surface area contributed by atoms with Crippen LogP contribution in [-0.4, -0.2) is 93.9 Å². The minimum Gasteiger partial charge on any atom is -0.436 e. The summed E-state index contributed by atoms with van der Waals surface area (Å²) in [5, 5.41) is 0. The Morgan fingerprint density at radius 1 is 0.377 bits per heavy atom. The molecule has 0 aromatic rings.